The molecule has 0 bridgehead atoms. The van der Waals surface area contributed by atoms with E-state index in [0.717, 1.165) is 24.1 Å². The van der Waals surface area contributed by atoms with Crippen LogP contribution in [0.4, 0.5) is 0 Å². The van der Waals surface area contributed by atoms with Crippen LogP contribution in [-0.2, 0) is 9.53 Å². The molecule has 1 amide bonds. The number of esters is 1. The van der Waals surface area contributed by atoms with Gasteiger partial charge in [-0.3, -0.25) is 4.79 Å². The van der Waals surface area contributed by atoms with Crippen molar-refractivity contribution < 1.29 is 19.4 Å². The summed E-state index contributed by atoms with van der Waals surface area (Å²) in [6, 6.07) is 3.58. The van der Waals surface area contributed by atoms with Crippen LogP contribution in [0, 0.1) is 17.8 Å². The molecule has 30 heavy (non-hydrogen) atoms. The number of amides is 1. The van der Waals surface area contributed by atoms with Gasteiger partial charge in [0.1, 0.15) is 4.88 Å². The Morgan fingerprint density at radius 2 is 2.23 bits per heavy atom. The van der Waals surface area contributed by atoms with Crippen molar-refractivity contribution >= 4 is 29.3 Å². The van der Waals surface area contributed by atoms with Crippen LogP contribution in [0.25, 0.3) is 6.08 Å². The van der Waals surface area contributed by atoms with Crippen molar-refractivity contribution in [2.45, 2.75) is 58.1 Å². The van der Waals surface area contributed by atoms with E-state index >= 15 is 0 Å². The van der Waals surface area contributed by atoms with E-state index in [1.807, 2.05) is 36.1 Å². The summed E-state index contributed by atoms with van der Waals surface area (Å²) >= 11 is 1.35. The van der Waals surface area contributed by atoms with Crippen LogP contribution in [0.3, 0.4) is 0 Å². The number of rotatable bonds is 9. The number of thiophene rings is 1. The molecule has 5 nitrogen and oxygen atoms in total. The maximum atomic E-state index is 12.3. The molecule has 1 aliphatic heterocycles. The third-order valence-corrected chi connectivity index (χ3v) is 6.04. The molecule has 3 atom stereocenters. The maximum absolute atomic E-state index is 12.3. The van der Waals surface area contributed by atoms with Gasteiger partial charge in [0.15, 0.2) is 0 Å². The Hall–Kier alpha value is -2.36. The number of likely N-dealkylation sites (tertiary alicyclic amines) is 1. The molecule has 1 aromatic heterocycles. The van der Waals surface area contributed by atoms with Gasteiger partial charge in [-0.25, -0.2) is 4.79 Å². The first kappa shape index (κ1) is 23.9. The molecule has 0 spiro atoms. The molecule has 0 saturated carbocycles. The van der Waals surface area contributed by atoms with Gasteiger partial charge in [-0.1, -0.05) is 32.1 Å². The van der Waals surface area contributed by atoms with Crippen molar-refractivity contribution in [2.24, 2.45) is 5.92 Å². The van der Waals surface area contributed by atoms with Gasteiger partial charge in [0, 0.05) is 30.7 Å². The van der Waals surface area contributed by atoms with E-state index in [4.69, 9.17) is 4.74 Å². The van der Waals surface area contributed by atoms with Crippen LogP contribution in [0.2, 0.25) is 0 Å². The van der Waals surface area contributed by atoms with Gasteiger partial charge in [0.05, 0.1) is 19.3 Å². The summed E-state index contributed by atoms with van der Waals surface area (Å²) in [6.07, 6.45) is 10.9. The van der Waals surface area contributed by atoms with Gasteiger partial charge in [-0.2, -0.15) is 0 Å². The summed E-state index contributed by atoms with van der Waals surface area (Å²) in [5.74, 6) is 6.05. The average Bonchev–Trinajstić information content (AvgIpc) is 3.36. The van der Waals surface area contributed by atoms with Crippen LogP contribution in [0.15, 0.2) is 30.4 Å². The fourth-order valence-corrected chi connectivity index (χ4v) is 3.98. The van der Waals surface area contributed by atoms with Gasteiger partial charge >= 0.3 is 5.97 Å². The Morgan fingerprint density at radius 3 is 2.97 bits per heavy atom. The zero-order valence-electron chi connectivity index (χ0n) is 18.0. The molecule has 1 fully saturated rings. The Kier molecular flexibility index (Phi) is 9.85. The number of nitrogens with zero attached hydrogens (tertiary/aromatic N) is 1. The lowest BCUT2D eigenvalue weighted by Gasteiger charge is -2.21. The van der Waals surface area contributed by atoms with Crippen LogP contribution in [-0.4, -0.2) is 47.7 Å². The van der Waals surface area contributed by atoms with Gasteiger partial charge in [0.2, 0.25) is 5.91 Å². The highest BCUT2D eigenvalue weighted by Gasteiger charge is 2.28. The Balaban J connectivity index is 1.90. The standard InChI is InChI=1S/C24H31NO4S/c1-4-5-6-7-9-18(2)21(26)14-11-19-12-16-23(27)25(19)17-8-10-20-13-15-22(30-20)24(28)29-3/h8,10-11,13-15,18-19,21,26H,4-5,9,12,16-17H2,1-3H3/b10-8-,14-11+/t18-,19-,21+/m0/s1. The van der Waals surface area contributed by atoms with Crippen molar-refractivity contribution in [1.82, 2.24) is 4.90 Å². The average molecular weight is 430 g/mol. The lowest BCUT2D eigenvalue weighted by Crippen LogP contribution is -2.32. The molecule has 162 valence electrons. The van der Waals surface area contributed by atoms with E-state index in [-0.39, 0.29) is 23.8 Å². The van der Waals surface area contributed by atoms with Crippen molar-refractivity contribution in [2.75, 3.05) is 13.7 Å². The molecule has 0 aromatic carbocycles. The van der Waals surface area contributed by atoms with Crippen molar-refractivity contribution in [3.05, 3.63) is 40.1 Å². The third-order valence-electron chi connectivity index (χ3n) is 5.01. The Labute approximate surface area is 183 Å². The molecule has 1 N–H and O–H groups in total. The quantitative estimate of drug-likeness (QED) is 0.361. The molecule has 2 heterocycles. The van der Waals surface area contributed by atoms with Gasteiger partial charge in [0.25, 0.3) is 0 Å². The number of hydrogen-bond donors (Lipinski definition) is 1. The highest BCUT2D eigenvalue weighted by atomic mass is 32.1. The minimum atomic E-state index is -0.572. The molecule has 0 aliphatic carbocycles. The van der Waals surface area contributed by atoms with Crippen LogP contribution < -0.4 is 0 Å². The second-order valence-electron chi connectivity index (χ2n) is 7.41. The normalized spacial score (nSPS) is 18.6. The number of hydrogen-bond acceptors (Lipinski definition) is 5. The van der Waals surface area contributed by atoms with Crippen LogP contribution >= 0.6 is 11.3 Å². The first-order valence-corrected chi connectivity index (χ1v) is 11.2. The van der Waals surface area contributed by atoms with E-state index in [2.05, 4.69) is 18.8 Å². The second-order valence-corrected chi connectivity index (χ2v) is 8.52. The second kappa shape index (κ2) is 12.4. The summed E-state index contributed by atoms with van der Waals surface area (Å²) in [7, 11) is 1.36. The summed E-state index contributed by atoms with van der Waals surface area (Å²) in [4.78, 5) is 27.1. The summed E-state index contributed by atoms with van der Waals surface area (Å²) < 4.78 is 4.72. The largest absolute Gasteiger partial charge is 0.465 e. The van der Waals surface area contributed by atoms with E-state index in [1.165, 1.54) is 18.4 Å². The fraction of sp³-hybridized carbons (Fsp3) is 0.500. The van der Waals surface area contributed by atoms with Crippen molar-refractivity contribution in [3.8, 4) is 11.8 Å². The summed E-state index contributed by atoms with van der Waals surface area (Å²) in [5, 5.41) is 10.4. The monoisotopic (exact) mass is 429 g/mol. The molecule has 1 aromatic rings. The number of unbranched alkanes of at least 4 members (excludes halogenated alkanes) is 1. The van der Waals surface area contributed by atoms with Crippen LogP contribution in [0.5, 0.6) is 0 Å². The topological polar surface area (TPSA) is 66.8 Å². The highest BCUT2D eigenvalue weighted by molar-refractivity contribution is 7.14. The lowest BCUT2D eigenvalue weighted by atomic mass is 10.00. The van der Waals surface area contributed by atoms with Gasteiger partial charge < -0.3 is 14.7 Å². The fourth-order valence-electron chi connectivity index (χ4n) is 3.13. The summed E-state index contributed by atoms with van der Waals surface area (Å²) in [6.45, 7) is 4.58. The molecular formula is C24H31NO4S. The van der Waals surface area contributed by atoms with E-state index < -0.39 is 6.10 Å². The molecule has 6 heteroatoms. The van der Waals surface area contributed by atoms with Crippen molar-refractivity contribution in [3.63, 3.8) is 0 Å². The maximum Gasteiger partial charge on any atom is 0.348 e. The van der Waals surface area contributed by atoms with Gasteiger partial charge in [-0.15, -0.1) is 23.2 Å². The molecule has 1 saturated heterocycles. The SMILES string of the molecule is CCCC#CC[C@H](C)[C@H](O)/C=C/[C@H]1CCC(=O)N1C/C=C\c1ccc(C(=O)OC)s1. The molecular weight excluding hydrogens is 398 g/mol. The Morgan fingerprint density at radius 1 is 1.43 bits per heavy atom. The predicted octanol–water partition coefficient (Wildman–Crippen LogP) is 4.29. The number of ether oxygens (including phenoxy) is 1. The smallest absolute Gasteiger partial charge is 0.348 e. The van der Waals surface area contributed by atoms with E-state index in [0.29, 0.717) is 24.3 Å². The molecule has 0 radical (unpaired) electrons. The third kappa shape index (κ3) is 7.16. The predicted molar refractivity (Wildman–Crippen MR) is 121 cm³/mol. The number of carbonyl (C=O) groups is 2. The minimum absolute atomic E-state index is 0.0101. The number of carbonyl (C=O) groups excluding carboxylic acids is 2. The molecule has 1 aliphatic rings. The number of aliphatic hydroxyl groups is 1. The Bertz CT molecular complexity index is 830. The lowest BCUT2D eigenvalue weighted by molar-refractivity contribution is -0.127. The first-order valence-electron chi connectivity index (χ1n) is 10.4. The zero-order chi connectivity index (χ0) is 21.9. The van der Waals surface area contributed by atoms with E-state index in [1.54, 1.807) is 12.1 Å². The minimum Gasteiger partial charge on any atom is -0.465 e. The van der Waals surface area contributed by atoms with Crippen molar-refractivity contribution in [1.29, 1.82) is 0 Å². The first-order chi connectivity index (χ1) is 14.5. The zero-order valence-corrected chi connectivity index (χ0v) is 18.8. The van der Waals surface area contributed by atoms with E-state index in [9.17, 15) is 14.7 Å². The molecule has 2 rings (SSSR count). The molecule has 0 unspecified atom stereocenters. The van der Waals surface area contributed by atoms with Crippen LogP contribution in [0.1, 0.15) is 60.5 Å². The number of methoxy groups -OCH3 is 1. The highest BCUT2D eigenvalue weighted by Crippen LogP contribution is 2.22. The number of aliphatic hydroxyl groups excluding tert-OH is 1. The summed E-state index contributed by atoms with van der Waals surface area (Å²) in [5.41, 5.74) is 0. The van der Waals surface area contributed by atoms with Gasteiger partial charge in [-0.05, 0) is 37.0 Å².